The van der Waals surface area contributed by atoms with Crippen LogP contribution in [-0.4, -0.2) is 29.0 Å². The van der Waals surface area contributed by atoms with Crippen molar-refractivity contribution in [3.05, 3.63) is 51.4 Å². The molecule has 0 unspecified atom stereocenters. The van der Waals surface area contributed by atoms with E-state index in [4.69, 9.17) is 4.74 Å². The predicted molar refractivity (Wildman–Crippen MR) is 85.2 cm³/mol. The van der Waals surface area contributed by atoms with Gasteiger partial charge in [-0.1, -0.05) is 0 Å². The van der Waals surface area contributed by atoms with Crippen molar-refractivity contribution >= 4 is 33.6 Å². The topological polar surface area (TPSA) is 81.2 Å². The Balaban J connectivity index is 1.80. The minimum atomic E-state index is -0.676. The lowest BCUT2D eigenvalue weighted by molar-refractivity contribution is -0.120. The molecule has 0 fully saturated rings. The number of nitrogens with one attached hydrogen (secondary N) is 1. The van der Waals surface area contributed by atoms with E-state index >= 15 is 0 Å². The molecule has 3 heterocycles. The number of methoxy groups -OCH3 is 1. The summed E-state index contributed by atoms with van der Waals surface area (Å²) in [6.07, 6.45) is 4.39. The number of ether oxygens (including phenoxy) is 1. The number of halogens is 1. The molecule has 23 heavy (non-hydrogen) atoms. The first-order valence-electron chi connectivity index (χ1n) is 7.07. The van der Waals surface area contributed by atoms with E-state index in [1.54, 1.807) is 18.5 Å². The Morgan fingerprint density at radius 1 is 1.26 bits per heavy atom. The van der Waals surface area contributed by atoms with E-state index in [0.29, 0.717) is 18.7 Å². The zero-order chi connectivity index (χ0) is 16.2. The standard InChI is InChI=1S/C16H12BrN3O3/c1-23-14(21)12-2-8-4-16(5-9(8)6-18-12)11-3-10(17)7-19-13(11)20-15(16)22/h2-3,6-7H,4-5H2,1H3,(H,19,20,22)/t16-/m1/s1. The maximum atomic E-state index is 12.6. The summed E-state index contributed by atoms with van der Waals surface area (Å²) < 4.78 is 5.54. The lowest BCUT2D eigenvalue weighted by Gasteiger charge is -2.20. The van der Waals surface area contributed by atoms with Crippen molar-refractivity contribution in [2.75, 3.05) is 12.4 Å². The maximum absolute atomic E-state index is 12.6. The van der Waals surface area contributed by atoms with Crippen LogP contribution in [0.3, 0.4) is 0 Å². The van der Waals surface area contributed by atoms with Gasteiger partial charge in [-0.05, 0) is 52.0 Å². The maximum Gasteiger partial charge on any atom is 0.356 e. The van der Waals surface area contributed by atoms with Gasteiger partial charge >= 0.3 is 5.97 Å². The van der Waals surface area contributed by atoms with Crippen LogP contribution in [0.15, 0.2) is 29.0 Å². The van der Waals surface area contributed by atoms with Crippen molar-refractivity contribution in [3.8, 4) is 0 Å². The lowest BCUT2D eigenvalue weighted by atomic mass is 9.79. The highest BCUT2D eigenvalue weighted by molar-refractivity contribution is 9.10. The van der Waals surface area contributed by atoms with E-state index in [2.05, 4.69) is 31.2 Å². The van der Waals surface area contributed by atoms with E-state index < -0.39 is 11.4 Å². The Morgan fingerprint density at radius 2 is 2.04 bits per heavy atom. The van der Waals surface area contributed by atoms with Crippen molar-refractivity contribution in [2.24, 2.45) is 0 Å². The van der Waals surface area contributed by atoms with Gasteiger partial charge in [-0.3, -0.25) is 4.79 Å². The normalized spacial score (nSPS) is 21.0. The number of carbonyl (C=O) groups is 2. The highest BCUT2D eigenvalue weighted by Gasteiger charge is 2.51. The highest BCUT2D eigenvalue weighted by atomic mass is 79.9. The molecule has 1 aliphatic heterocycles. The van der Waals surface area contributed by atoms with Gasteiger partial charge < -0.3 is 10.1 Å². The number of carbonyl (C=O) groups excluding carboxylic acids is 2. The molecule has 2 aromatic heterocycles. The third-order valence-electron chi connectivity index (χ3n) is 4.50. The molecule has 0 saturated carbocycles. The molecular weight excluding hydrogens is 362 g/mol. The quantitative estimate of drug-likeness (QED) is 0.773. The summed E-state index contributed by atoms with van der Waals surface area (Å²) >= 11 is 3.42. The van der Waals surface area contributed by atoms with Gasteiger partial charge in [-0.2, -0.15) is 0 Å². The van der Waals surface area contributed by atoms with Crippen LogP contribution in [0.25, 0.3) is 0 Å². The second-order valence-corrected chi connectivity index (χ2v) is 6.68. The molecule has 0 radical (unpaired) electrons. The van der Waals surface area contributed by atoms with Gasteiger partial charge in [0.05, 0.1) is 12.5 Å². The number of fused-ring (bicyclic) bond motifs is 3. The van der Waals surface area contributed by atoms with Crippen molar-refractivity contribution in [3.63, 3.8) is 0 Å². The largest absolute Gasteiger partial charge is 0.464 e. The van der Waals surface area contributed by atoms with Crippen LogP contribution < -0.4 is 5.32 Å². The number of esters is 1. The minimum absolute atomic E-state index is 0.0612. The van der Waals surface area contributed by atoms with Crippen LogP contribution in [0.1, 0.15) is 27.2 Å². The first-order valence-corrected chi connectivity index (χ1v) is 7.86. The van der Waals surface area contributed by atoms with E-state index in [0.717, 1.165) is 21.2 Å². The number of pyridine rings is 2. The molecule has 1 aliphatic carbocycles. The average Bonchev–Trinajstić information content (AvgIpc) is 3.06. The molecule has 0 bridgehead atoms. The first-order chi connectivity index (χ1) is 11.0. The highest BCUT2D eigenvalue weighted by Crippen LogP contribution is 2.47. The van der Waals surface area contributed by atoms with Crippen LogP contribution in [0.4, 0.5) is 5.82 Å². The molecule has 6 nitrogen and oxygen atoms in total. The Hall–Kier alpha value is -2.28. The van der Waals surface area contributed by atoms with Crippen LogP contribution in [0.5, 0.6) is 0 Å². The van der Waals surface area contributed by atoms with Crippen LogP contribution in [0, 0.1) is 0 Å². The molecule has 4 rings (SSSR count). The van der Waals surface area contributed by atoms with Crippen molar-refractivity contribution in [2.45, 2.75) is 18.3 Å². The van der Waals surface area contributed by atoms with E-state index in [1.807, 2.05) is 6.07 Å². The molecule has 1 spiro atoms. The Kier molecular flexibility index (Phi) is 3.02. The third-order valence-corrected chi connectivity index (χ3v) is 4.93. The predicted octanol–water partition coefficient (Wildman–Crippen LogP) is 2.01. The Bertz CT molecular complexity index is 868. The lowest BCUT2D eigenvalue weighted by Crippen LogP contribution is -2.35. The summed E-state index contributed by atoms with van der Waals surface area (Å²) in [5.74, 6) is 0.0653. The fraction of sp³-hybridized carbons (Fsp3) is 0.250. The van der Waals surface area contributed by atoms with E-state index in [1.165, 1.54) is 7.11 Å². The molecule has 0 aromatic carbocycles. The SMILES string of the molecule is COC(=O)c1cc2c(cn1)C[C@@]1(C2)C(=O)Nc2ncc(Br)cc21. The van der Waals surface area contributed by atoms with Gasteiger partial charge in [-0.25, -0.2) is 14.8 Å². The van der Waals surface area contributed by atoms with Crippen LogP contribution >= 0.6 is 15.9 Å². The number of nitrogens with zero attached hydrogens (tertiary/aromatic N) is 2. The Labute approximate surface area is 140 Å². The molecule has 1 atom stereocenters. The minimum Gasteiger partial charge on any atom is -0.464 e. The van der Waals surface area contributed by atoms with Gasteiger partial charge in [-0.15, -0.1) is 0 Å². The monoisotopic (exact) mass is 373 g/mol. The third kappa shape index (κ3) is 1.99. The molecule has 0 saturated heterocycles. The summed E-state index contributed by atoms with van der Waals surface area (Å²) in [5.41, 5.74) is 2.39. The summed E-state index contributed by atoms with van der Waals surface area (Å²) in [6.45, 7) is 0. The summed E-state index contributed by atoms with van der Waals surface area (Å²) in [6, 6.07) is 3.65. The number of hydrogen-bond acceptors (Lipinski definition) is 5. The number of amides is 1. The van der Waals surface area contributed by atoms with Crippen LogP contribution in [0.2, 0.25) is 0 Å². The second kappa shape index (κ2) is 4.86. The van der Waals surface area contributed by atoms with Gasteiger partial charge in [0, 0.05) is 22.4 Å². The molecule has 1 amide bonds. The average molecular weight is 374 g/mol. The fourth-order valence-electron chi connectivity index (χ4n) is 3.38. The smallest absolute Gasteiger partial charge is 0.356 e. The molecular formula is C16H12BrN3O3. The zero-order valence-electron chi connectivity index (χ0n) is 12.2. The number of aromatic nitrogens is 2. The van der Waals surface area contributed by atoms with Gasteiger partial charge in [0.25, 0.3) is 0 Å². The Morgan fingerprint density at radius 3 is 2.83 bits per heavy atom. The molecule has 116 valence electrons. The summed E-state index contributed by atoms with van der Waals surface area (Å²) in [5, 5.41) is 2.86. The van der Waals surface area contributed by atoms with Crippen molar-refractivity contribution in [1.29, 1.82) is 0 Å². The second-order valence-electron chi connectivity index (χ2n) is 5.77. The number of hydrogen-bond donors (Lipinski definition) is 1. The van der Waals surface area contributed by atoms with Crippen molar-refractivity contribution in [1.82, 2.24) is 9.97 Å². The van der Waals surface area contributed by atoms with E-state index in [9.17, 15) is 9.59 Å². The van der Waals surface area contributed by atoms with Gasteiger partial charge in [0.15, 0.2) is 0 Å². The molecule has 1 N–H and O–H groups in total. The van der Waals surface area contributed by atoms with Gasteiger partial charge in [0.2, 0.25) is 5.91 Å². The molecule has 7 heteroatoms. The molecule has 2 aromatic rings. The molecule has 2 aliphatic rings. The summed E-state index contributed by atoms with van der Waals surface area (Å²) in [4.78, 5) is 32.7. The van der Waals surface area contributed by atoms with Gasteiger partial charge in [0.1, 0.15) is 11.5 Å². The number of rotatable bonds is 1. The first kappa shape index (κ1) is 14.3. The van der Waals surface area contributed by atoms with E-state index in [-0.39, 0.29) is 11.6 Å². The van der Waals surface area contributed by atoms with Crippen molar-refractivity contribution < 1.29 is 14.3 Å². The van der Waals surface area contributed by atoms with Crippen LogP contribution in [-0.2, 0) is 27.8 Å². The number of anilines is 1. The zero-order valence-corrected chi connectivity index (χ0v) is 13.8. The summed E-state index contributed by atoms with van der Waals surface area (Å²) in [7, 11) is 1.32. The fourth-order valence-corrected chi connectivity index (χ4v) is 3.71.